The molecule has 26 heavy (non-hydrogen) atoms. The molecule has 1 saturated heterocycles. The van der Waals surface area contributed by atoms with Crippen LogP contribution in [0.1, 0.15) is 24.5 Å². The third-order valence-electron chi connectivity index (χ3n) is 4.20. The van der Waals surface area contributed by atoms with Gasteiger partial charge < -0.3 is 15.1 Å². The summed E-state index contributed by atoms with van der Waals surface area (Å²) in [5.41, 5.74) is 1.04. The molecule has 0 aromatic carbocycles. The smallest absolute Gasteiger partial charge is 0.246 e. The Labute approximate surface area is 157 Å². The monoisotopic (exact) mass is 372 g/mol. The van der Waals surface area contributed by atoms with Gasteiger partial charge in [-0.3, -0.25) is 9.78 Å². The maximum absolute atomic E-state index is 12.4. The molecule has 1 aliphatic heterocycles. The van der Waals surface area contributed by atoms with Crippen LogP contribution < -0.4 is 5.32 Å². The molecule has 1 aliphatic rings. The zero-order valence-corrected chi connectivity index (χ0v) is 15.9. The van der Waals surface area contributed by atoms with E-state index in [1.54, 1.807) is 36.0 Å². The fraction of sp³-hybridized carbons (Fsp3) is 0.444. The van der Waals surface area contributed by atoms with Gasteiger partial charge in [-0.1, -0.05) is 6.08 Å². The largest absolute Gasteiger partial charge is 0.339 e. The van der Waals surface area contributed by atoms with E-state index in [4.69, 9.17) is 0 Å². The Morgan fingerprint density at radius 3 is 3.12 bits per heavy atom. The fourth-order valence-corrected chi connectivity index (χ4v) is 3.69. The van der Waals surface area contributed by atoms with E-state index >= 15 is 0 Å². The highest BCUT2D eigenvalue weighted by Gasteiger charge is 2.25. The SMILES string of the molecule is CN(C)C/C=C/C(=O)N1CCC[C@H](c2csc(Nc3cnccn3)n2)C1. The van der Waals surface area contributed by atoms with Crippen LogP contribution in [0.4, 0.5) is 10.9 Å². The summed E-state index contributed by atoms with van der Waals surface area (Å²) in [6.07, 6.45) is 10.6. The lowest BCUT2D eigenvalue weighted by Gasteiger charge is -2.31. The summed E-state index contributed by atoms with van der Waals surface area (Å²) >= 11 is 1.55. The highest BCUT2D eigenvalue weighted by atomic mass is 32.1. The van der Waals surface area contributed by atoms with Gasteiger partial charge in [0.05, 0.1) is 11.9 Å². The molecule has 0 saturated carbocycles. The van der Waals surface area contributed by atoms with Gasteiger partial charge in [-0.05, 0) is 26.9 Å². The molecule has 2 aromatic rings. The van der Waals surface area contributed by atoms with Crippen LogP contribution in [0.5, 0.6) is 0 Å². The third-order valence-corrected chi connectivity index (χ3v) is 4.98. The number of anilines is 2. The number of likely N-dealkylation sites (N-methyl/N-ethyl adjacent to an activating group) is 1. The summed E-state index contributed by atoms with van der Waals surface area (Å²) in [6, 6.07) is 0. The number of nitrogens with one attached hydrogen (secondary N) is 1. The van der Waals surface area contributed by atoms with E-state index in [1.807, 2.05) is 30.0 Å². The summed E-state index contributed by atoms with van der Waals surface area (Å²) in [4.78, 5) is 29.3. The summed E-state index contributed by atoms with van der Waals surface area (Å²) in [6.45, 7) is 2.31. The van der Waals surface area contributed by atoms with Crippen LogP contribution in [0, 0.1) is 0 Å². The molecule has 3 heterocycles. The predicted octanol–water partition coefficient (Wildman–Crippen LogP) is 2.50. The van der Waals surface area contributed by atoms with Crippen molar-refractivity contribution in [3.05, 3.63) is 41.8 Å². The number of likely N-dealkylation sites (tertiary alicyclic amines) is 1. The number of nitrogens with zero attached hydrogens (tertiary/aromatic N) is 5. The molecule has 2 aromatic heterocycles. The molecular formula is C18H24N6OS. The van der Waals surface area contributed by atoms with E-state index in [0.29, 0.717) is 5.82 Å². The van der Waals surface area contributed by atoms with Gasteiger partial charge >= 0.3 is 0 Å². The van der Waals surface area contributed by atoms with Crippen molar-refractivity contribution in [1.29, 1.82) is 0 Å². The van der Waals surface area contributed by atoms with Crippen LogP contribution in [0.3, 0.4) is 0 Å². The van der Waals surface area contributed by atoms with Crippen LogP contribution in [0.15, 0.2) is 36.1 Å². The molecule has 0 radical (unpaired) electrons. The Morgan fingerprint density at radius 1 is 1.46 bits per heavy atom. The van der Waals surface area contributed by atoms with Gasteiger partial charge in [0.1, 0.15) is 0 Å². The lowest BCUT2D eigenvalue weighted by atomic mass is 9.95. The Kier molecular flexibility index (Phi) is 6.30. The number of thiazole rings is 1. The first-order chi connectivity index (χ1) is 12.6. The van der Waals surface area contributed by atoms with Crippen LogP contribution in [0.25, 0.3) is 0 Å². The van der Waals surface area contributed by atoms with Gasteiger partial charge in [0.25, 0.3) is 0 Å². The van der Waals surface area contributed by atoms with Crippen molar-refractivity contribution in [1.82, 2.24) is 24.8 Å². The molecule has 0 aliphatic carbocycles. The van der Waals surface area contributed by atoms with Crippen molar-refractivity contribution < 1.29 is 4.79 Å². The molecule has 0 bridgehead atoms. The average Bonchev–Trinajstić information content (AvgIpc) is 3.11. The normalized spacial score (nSPS) is 17.8. The van der Waals surface area contributed by atoms with Crippen LogP contribution in [0.2, 0.25) is 0 Å². The van der Waals surface area contributed by atoms with Crippen molar-refractivity contribution in [2.24, 2.45) is 0 Å². The van der Waals surface area contributed by atoms with Gasteiger partial charge in [0.2, 0.25) is 5.91 Å². The lowest BCUT2D eigenvalue weighted by Crippen LogP contribution is -2.38. The molecule has 7 nitrogen and oxygen atoms in total. The van der Waals surface area contributed by atoms with Gasteiger partial charge in [-0.15, -0.1) is 11.3 Å². The van der Waals surface area contributed by atoms with Crippen molar-refractivity contribution in [2.45, 2.75) is 18.8 Å². The Hall–Kier alpha value is -2.32. The van der Waals surface area contributed by atoms with Crippen molar-refractivity contribution in [3.63, 3.8) is 0 Å². The maximum Gasteiger partial charge on any atom is 0.246 e. The van der Waals surface area contributed by atoms with Crippen molar-refractivity contribution >= 4 is 28.2 Å². The molecule has 0 unspecified atom stereocenters. The first kappa shape index (κ1) is 18.5. The second-order valence-corrected chi connectivity index (χ2v) is 7.44. The zero-order valence-electron chi connectivity index (χ0n) is 15.1. The fourth-order valence-electron chi connectivity index (χ4n) is 2.89. The van der Waals surface area contributed by atoms with Gasteiger partial charge in [0, 0.05) is 49.4 Å². The minimum Gasteiger partial charge on any atom is -0.339 e. The second-order valence-electron chi connectivity index (χ2n) is 6.58. The first-order valence-corrected chi connectivity index (χ1v) is 9.58. The van der Waals surface area contributed by atoms with Crippen molar-refractivity contribution in [3.8, 4) is 0 Å². The Bertz CT molecular complexity index is 745. The Balaban J connectivity index is 1.59. The first-order valence-electron chi connectivity index (χ1n) is 8.70. The van der Waals surface area contributed by atoms with Crippen molar-refractivity contribution in [2.75, 3.05) is 39.0 Å². The van der Waals surface area contributed by atoms with Crippen LogP contribution in [-0.4, -0.2) is 64.4 Å². The standard InChI is InChI=1S/C18H24N6OS/c1-23(2)9-4-6-17(25)24-10-3-5-14(12-24)15-13-26-18(21-15)22-16-11-19-7-8-20-16/h4,6-8,11,13-14H,3,5,9-10,12H2,1-2H3,(H,20,21,22)/b6-4+/t14-/m0/s1. The number of hydrogen-bond acceptors (Lipinski definition) is 7. The van der Waals surface area contributed by atoms with Gasteiger partial charge in [-0.25, -0.2) is 9.97 Å². The lowest BCUT2D eigenvalue weighted by molar-refractivity contribution is -0.127. The van der Waals surface area contributed by atoms with E-state index in [0.717, 1.165) is 43.3 Å². The second kappa shape index (κ2) is 8.86. The molecule has 1 N–H and O–H groups in total. The number of amides is 1. The minimum absolute atomic E-state index is 0.0877. The van der Waals surface area contributed by atoms with E-state index in [-0.39, 0.29) is 11.8 Å². The molecule has 1 fully saturated rings. The summed E-state index contributed by atoms with van der Waals surface area (Å²) in [7, 11) is 3.97. The number of hydrogen-bond donors (Lipinski definition) is 1. The number of carbonyl (C=O) groups excluding carboxylic acids is 1. The molecule has 3 rings (SSSR count). The molecule has 1 amide bonds. The summed E-state index contributed by atoms with van der Waals surface area (Å²) < 4.78 is 0. The zero-order chi connectivity index (χ0) is 18.4. The maximum atomic E-state index is 12.4. The third kappa shape index (κ3) is 5.09. The molecule has 1 atom stereocenters. The summed E-state index contributed by atoms with van der Waals surface area (Å²) in [5, 5.41) is 6.04. The highest BCUT2D eigenvalue weighted by molar-refractivity contribution is 7.13. The number of aromatic nitrogens is 3. The molecule has 8 heteroatoms. The van der Waals surface area contributed by atoms with Gasteiger partial charge in [-0.2, -0.15) is 0 Å². The molecule has 0 spiro atoms. The van der Waals surface area contributed by atoms with Gasteiger partial charge in [0.15, 0.2) is 10.9 Å². The minimum atomic E-state index is 0.0877. The molecule has 138 valence electrons. The van der Waals surface area contributed by atoms with E-state index in [1.165, 1.54) is 0 Å². The number of carbonyl (C=O) groups is 1. The number of piperidine rings is 1. The van der Waals surface area contributed by atoms with E-state index < -0.39 is 0 Å². The summed E-state index contributed by atoms with van der Waals surface area (Å²) in [5.74, 6) is 1.05. The predicted molar refractivity (Wildman–Crippen MR) is 104 cm³/mol. The topological polar surface area (TPSA) is 74.2 Å². The van der Waals surface area contributed by atoms with Crippen LogP contribution >= 0.6 is 11.3 Å². The van der Waals surface area contributed by atoms with Crippen LogP contribution in [-0.2, 0) is 4.79 Å². The van der Waals surface area contributed by atoms with E-state index in [9.17, 15) is 4.79 Å². The highest BCUT2D eigenvalue weighted by Crippen LogP contribution is 2.30. The molecular weight excluding hydrogens is 348 g/mol. The van der Waals surface area contributed by atoms with E-state index in [2.05, 4.69) is 25.6 Å². The quantitative estimate of drug-likeness (QED) is 0.786. The number of rotatable bonds is 6. The Morgan fingerprint density at radius 2 is 2.35 bits per heavy atom. The average molecular weight is 372 g/mol.